The lowest BCUT2D eigenvalue weighted by Gasteiger charge is -2.16. The summed E-state index contributed by atoms with van der Waals surface area (Å²) < 4.78 is 13.5. The Bertz CT molecular complexity index is 572. The van der Waals surface area contributed by atoms with Crippen molar-refractivity contribution in [3.63, 3.8) is 0 Å². The number of halogens is 1. The van der Waals surface area contributed by atoms with Crippen LogP contribution >= 0.6 is 0 Å². The van der Waals surface area contributed by atoms with E-state index in [-0.39, 0.29) is 23.5 Å². The molecule has 0 bridgehead atoms. The average Bonchev–Trinajstić information content (AvgIpc) is 3.24. The molecule has 1 aromatic rings. The molecule has 5 heteroatoms. The first-order chi connectivity index (χ1) is 10.6. The molecule has 1 atom stereocenters. The summed E-state index contributed by atoms with van der Waals surface area (Å²) in [6.45, 7) is 1.73. The number of carbonyl (C=O) groups excluding carboxylic acids is 2. The fourth-order valence-corrected chi connectivity index (χ4v) is 2.90. The van der Waals surface area contributed by atoms with E-state index >= 15 is 0 Å². The number of hydrogen-bond acceptors (Lipinski definition) is 2. The van der Waals surface area contributed by atoms with Gasteiger partial charge in [0.2, 0.25) is 11.8 Å². The Labute approximate surface area is 129 Å². The van der Waals surface area contributed by atoms with Gasteiger partial charge in [-0.15, -0.1) is 0 Å². The van der Waals surface area contributed by atoms with Crippen LogP contribution < -0.4 is 5.32 Å². The second-order valence-corrected chi connectivity index (χ2v) is 6.28. The number of nitrogens with one attached hydrogen (secondary N) is 1. The molecular formula is C17H21FN2O2. The van der Waals surface area contributed by atoms with Crippen LogP contribution in [0.1, 0.15) is 24.8 Å². The van der Waals surface area contributed by atoms with Crippen molar-refractivity contribution in [1.82, 2.24) is 10.2 Å². The Morgan fingerprint density at radius 3 is 2.82 bits per heavy atom. The van der Waals surface area contributed by atoms with Crippen molar-refractivity contribution < 1.29 is 14.0 Å². The molecule has 1 unspecified atom stereocenters. The van der Waals surface area contributed by atoms with Gasteiger partial charge in [-0.1, -0.05) is 18.2 Å². The smallest absolute Gasteiger partial charge is 0.225 e. The summed E-state index contributed by atoms with van der Waals surface area (Å²) in [4.78, 5) is 25.8. The summed E-state index contributed by atoms with van der Waals surface area (Å²) in [5.41, 5.74) is 0.598. The van der Waals surface area contributed by atoms with Gasteiger partial charge < -0.3 is 10.2 Å². The minimum absolute atomic E-state index is 0.0844. The number of nitrogens with zero attached hydrogens (tertiary/aromatic N) is 1. The van der Waals surface area contributed by atoms with Crippen LogP contribution in [0.15, 0.2) is 24.3 Å². The number of hydrogen-bond donors (Lipinski definition) is 1. The van der Waals surface area contributed by atoms with Crippen LogP contribution in [0, 0.1) is 17.7 Å². The normalized spacial score (nSPS) is 21.2. The quantitative estimate of drug-likeness (QED) is 0.870. The minimum Gasteiger partial charge on any atom is -0.355 e. The molecule has 0 spiro atoms. The second-order valence-electron chi connectivity index (χ2n) is 6.28. The van der Waals surface area contributed by atoms with Crippen LogP contribution in [0.3, 0.4) is 0 Å². The van der Waals surface area contributed by atoms with Gasteiger partial charge in [-0.25, -0.2) is 4.39 Å². The van der Waals surface area contributed by atoms with Gasteiger partial charge >= 0.3 is 0 Å². The van der Waals surface area contributed by atoms with Gasteiger partial charge in [0.05, 0.1) is 5.92 Å². The number of amides is 2. The number of rotatable bonds is 6. The van der Waals surface area contributed by atoms with Crippen molar-refractivity contribution in [3.05, 3.63) is 35.6 Å². The molecule has 2 fully saturated rings. The van der Waals surface area contributed by atoms with Crippen molar-refractivity contribution in [3.8, 4) is 0 Å². The number of carbonyl (C=O) groups is 2. The van der Waals surface area contributed by atoms with E-state index in [1.165, 1.54) is 18.9 Å². The second kappa shape index (κ2) is 6.46. The zero-order valence-corrected chi connectivity index (χ0v) is 12.6. The third-order valence-electron chi connectivity index (χ3n) is 4.41. The van der Waals surface area contributed by atoms with Crippen LogP contribution in [-0.4, -0.2) is 36.3 Å². The van der Waals surface area contributed by atoms with E-state index < -0.39 is 0 Å². The van der Waals surface area contributed by atoms with Crippen molar-refractivity contribution in [2.24, 2.45) is 11.8 Å². The standard InChI is InChI=1S/C17H21FN2O2/c18-15-4-2-1-3-13(15)7-8-19-17(22)14-9-16(21)20(11-14)10-12-5-6-12/h1-4,12,14H,5-11H2,(H,19,22). The molecule has 0 aromatic heterocycles. The van der Waals surface area contributed by atoms with Crippen molar-refractivity contribution >= 4 is 11.8 Å². The molecule has 22 heavy (non-hydrogen) atoms. The molecule has 4 nitrogen and oxygen atoms in total. The van der Waals surface area contributed by atoms with Gasteiger partial charge in [0, 0.05) is 26.1 Å². The maximum Gasteiger partial charge on any atom is 0.225 e. The summed E-state index contributed by atoms with van der Waals surface area (Å²) in [5.74, 6) is 0.131. The molecule has 1 heterocycles. The lowest BCUT2D eigenvalue weighted by Crippen LogP contribution is -2.34. The fourth-order valence-electron chi connectivity index (χ4n) is 2.90. The van der Waals surface area contributed by atoms with Crippen molar-refractivity contribution in [1.29, 1.82) is 0 Å². The average molecular weight is 304 g/mol. The number of likely N-dealkylation sites (tertiary alicyclic amines) is 1. The minimum atomic E-state index is -0.258. The Hall–Kier alpha value is -1.91. The molecule has 2 amide bonds. The molecule has 0 radical (unpaired) electrons. The van der Waals surface area contributed by atoms with E-state index in [1.54, 1.807) is 18.2 Å². The van der Waals surface area contributed by atoms with Crippen LogP contribution in [0.2, 0.25) is 0 Å². The summed E-state index contributed by atoms with van der Waals surface area (Å²) in [7, 11) is 0. The molecule has 3 rings (SSSR count). The molecule has 1 aliphatic heterocycles. The first-order valence-electron chi connectivity index (χ1n) is 7.92. The third-order valence-corrected chi connectivity index (χ3v) is 4.41. The molecule has 1 aliphatic carbocycles. The Morgan fingerprint density at radius 1 is 1.32 bits per heavy atom. The van der Waals surface area contributed by atoms with Gasteiger partial charge in [-0.3, -0.25) is 9.59 Å². The van der Waals surface area contributed by atoms with E-state index in [0.717, 1.165) is 6.54 Å². The predicted octanol–water partition coefficient (Wildman–Crippen LogP) is 1.74. The SMILES string of the molecule is O=C(NCCc1ccccc1F)C1CC(=O)N(CC2CC2)C1. The maximum atomic E-state index is 13.5. The van der Waals surface area contributed by atoms with Gasteiger partial charge in [-0.05, 0) is 36.8 Å². The molecule has 1 N–H and O–H groups in total. The molecule has 1 saturated carbocycles. The van der Waals surface area contributed by atoms with Crippen molar-refractivity contribution in [2.45, 2.75) is 25.7 Å². The molecule has 1 saturated heterocycles. The van der Waals surface area contributed by atoms with Crippen molar-refractivity contribution in [2.75, 3.05) is 19.6 Å². The van der Waals surface area contributed by atoms with Gasteiger partial charge in [0.1, 0.15) is 5.82 Å². The summed E-state index contributed by atoms with van der Waals surface area (Å²) in [5, 5.41) is 2.83. The lowest BCUT2D eigenvalue weighted by atomic mass is 10.1. The Kier molecular flexibility index (Phi) is 4.41. The lowest BCUT2D eigenvalue weighted by molar-refractivity contribution is -0.129. The van der Waals surface area contributed by atoms with Gasteiger partial charge in [-0.2, -0.15) is 0 Å². The highest BCUT2D eigenvalue weighted by Crippen LogP contribution is 2.31. The highest BCUT2D eigenvalue weighted by Gasteiger charge is 2.36. The van der Waals surface area contributed by atoms with Crippen LogP contribution in [0.25, 0.3) is 0 Å². The largest absolute Gasteiger partial charge is 0.355 e. The zero-order valence-electron chi connectivity index (χ0n) is 12.6. The van der Waals surface area contributed by atoms with Crippen LogP contribution in [0.4, 0.5) is 4.39 Å². The fraction of sp³-hybridized carbons (Fsp3) is 0.529. The molecule has 118 valence electrons. The topological polar surface area (TPSA) is 49.4 Å². The Balaban J connectivity index is 1.44. The summed E-state index contributed by atoms with van der Waals surface area (Å²) >= 11 is 0. The van der Waals surface area contributed by atoms with Crippen LogP contribution in [0.5, 0.6) is 0 Å². The summed E-state index contributed by atoms with van der Waals surface area (Å²) in [6.07, 6.45) is 3.16. The molecule has 1 aromatic carbocycles. The predicted molar refractivity (Wildman–Crippen MR) is 80.5 cm³/mol. The molecular weight excluding hydrogens is 283 g/mol. The van der Waals surface area contributed by atoms with Crippen LogP contribution in [-0.2, 0) is 16.0 Å². The monoisotopic (exact) mass is 304 g/mol. The van der Waals surface area contributed by atoms with E-state index in [2.05, 4.69) is 5.32 Å². The highest BCUT2D eigenvalue weighted by atomic mass is 19.1. The zero-order chi connectivity index (χ0) is 15.5. The van der Waals surface area contributed by atoms with E-state index in [0.29, 0.717) is 37.4 Å². The van der Waals surface area contributed by atoms with Gasteiger partial charge in [0.15, 0.2) is 0 Å². The third kappa shape index (κ3) is 3.64. The Morgan fingerprint density at radius 2 is 2.09 bits per heavy atom. The molecule has 2 aliphatic rings. The van der Waals surface area contributed by atoms with E-state index in [9.17, 15) is 14.0 Å². The highest BCUT2D eigenvalue weighted by molar-refractivity contribution is 5.89. The first kappa shape index (κ1) is 15.0. The van der Waals surface area contributed by atoms with Gasteiger partial charge in [0.25, 0.3) is 0 Å². The number of benzene rings is 1. The van der Waals surface area contributed by atoms with E-state index in [4.69, 9.17) is 0 Å². The van der Waals surface area contributed by atoms with E-state index in [1.807, 2.05) is 4.90 Å². The maximum absolute atomic E-state index is 13.5. The summed E-state index contributed by atoms with van der Waals surface area (Å²) in [6, 6.07) is 6.57. The first-order valence-corrected chi connectivity index (χ1v) is 7.92.